The van der Waals surface area contributed by atoms with E-state index in [1.807, 2.05) is 0 Å². The number of hydrogen-bond donors (Lipinski definition) is 4. The summed E-state index contributed by atoms with van der Waals surface area (Å²) in [7, 11) is 0. The van der Waals surface area contributed by atoms with Crippen LogP contribution < -0.4 is 16.6 Å². The fourth-order valence-electron chi connectivity index (χ4n) is 0.756. The van der Waals surface area contributed by atoms with Crippen LogP contribution in [0.15, 0.2) is 12.1 Å². The molecule has 0 aliphatic heterocycles. The Balaban J connectivity index is 2.49. The highest BCUT2D eigenvalue weighted by Gasteiger charge is 1.97. The average molecular weight is 183 g/mol. The molecule has 0 aliphatic carbocycles. The molecular formula is C7H13N5O. The third kappa shape index (κ3) is 3.22. The van der Waals surface area contributed by atoms with Crippen molar-refractivity contribution in [2.45, 2.75) is 13.0 Å². The summed E-state index contributed by atoms with van der Waals surface area (Å²) in [6.07, 6.45) is -0.408. The molecule has 0 saturated carbocycles. The fourth-order valence-corrected chi connectivity index (χ4v) is 0.756. The maximum atomic E-state index is 8.97. The van der Waals surface area contributed by atoms with Crippen LogP contribution in [0.5, 0.6) is 0 Å². The maximum absolute atomic E-state index is 8.97. The number of rotatable bonds is 4. The summed E-state index contributed by atoms with van der Waals surface area (Å²) in [5, 5.41) is 19.4. The van der Waals surface area contributed by atoms with E-state index in [4.69, 9.17) is 10.9 Å². The Bertz CT molecular complexity index is 248. The third-order valence-corrected chi connectivity index (χ3v) is 1.39. The van der Waals surface area contributed by atoms with Gasteiger partial charge in [0.05, 0.1) is 6.10 Å². The normalized spacial score (nSPS) is 12.2. The van der Waals surface area contributed by atoms with E-state index in [2.05, 4.69) is 20.9 Å². The van der Waals surface area contributed by atoms with E-state index in [0.29, 0.717) is 18.2 Å². The second kappa shape index (κ2) is 4.58. The van der Waals surface area contributed by atoms with Crippen molar-refractivity contribution in [2.24, 2.45) is 5.84 Å². The molecule has 1 rings (SSSR count). The van der Waals surface area contributed by atoms with Crippen molar-refractivity contribution in [1.82, 2.24) is 10.2 Å². The monoisotopic (exact) mass is 183 g/mol. The standard InChI is InChI=1S/C7H13N5O/c1-5(13)4-9-6-2-3-7(10-8)12-11-6/h2-3,5,13H,4,8H2,1H3,(H,9,11)(H,10,12). The lowest BCUT2D eigenvalue weighted by Crippen LogP contribution is -2.16. The van der Waals surface area contributed by atoms with Crippen LogP contribution >= 0.6 is 0 Å². The molecule has 0 radical (unpaired) electrons. The Morgan fingerprint density at radius 2 is 2.08 bits per heavy atom. The van der Waals surface area contributed by atoms with E-state index < -0.39 is 6.10 Å². The SMILES string of the molecule is CC(O)CNc1ccc(NN)nn1. The number of aromatic nitrogens is 2. The van der Waals surface area contributed by atoms with E-state index in [0.717, 1.165) is 0 Å². The molecular weight excluding hydrogens is 170 g/mol. The van der Waals surface area contributed by atoms with E-state index in [-0.39, 0.29) is 0 Å². The van der Waals surface area contributed by atoms with Crippen LogP contribution in [0, 0.1) is 0 Å². The Labute approximate surface area is 76.1 Å². The first-order chi connectivity index (χ1) is 6.22. The molecule has 6 nitrogen and oxygen atoms in total. The second-order valence-electron chi connectivity index (χ2n) is 2.68. The first kappa shape index (κ1) is 9.69. The number of nitrogen functional groups attached to an aromatic ring is 1. The van der Waals surface area contributed by atoms with Gasteiger partial charge >= 0.3 is 0 Å². The number of anilines is 2. The zero-order valence-electron chi connectivity index (χ0n) is 7.36. The average Bonchev–Trinajstić information content (AvgIpc) is 2.15. The third-order valence-electron chi connectivity index (χ3n) is 1.39. The number of aliphatic hydroxyl groups excluding tert-OH is 1. The molecule has 1 aromatic heterocycles. The van der Waals surface area contributed by atoms with Crippen LogP contribution in [0.3, 0.4) is 0 Å². The van der Waals surface area contributed by atoms with Crippen LogP contribution in [0.25, 0.3) is 0 Å². The summed E-state index contributed by atoms with van der Waals surface area (Å²) in [4.78, 5) is 0. The number of nitrogens with zero attached hydrogens (tertiary/aromatic N) is 2. The molecule has 0 amide bonds. The first-order valence-electron chi connectivity index (χ1n) is 3.94. The van der Waals surface area contributed by atoms with Crippen molar-refractivity contribution in [2.75, 3.05) is 17.3 Å². The van der Waals surface area contributed by atoms with Crippen molar-refractivity contribution in [1.29, 1.82) is 0 Å². The van der Waals surface area contributed by atoms with Crippen molar-refractivity contribution in [3.8, 4) is 0 Å². The van der Waals surface area contributed by atoms with Gasteiger partial charge in [0.2, 0.25) is 0 Å². The quantitative estimate of drug-likeness (QED) is 0.373. The van der Waals surface area contributed by atoms with Crippen molar-refractivity contribution in [3.63, 3.8) is 0 Å². The predicted octanol–water partition coefficient (Wildman–Crippen LogP) is -0.445. The summed E-state index contributed by atoms with van der Waals surface area (Å²) < 4.78 is 0. The Morgan fingerprint density at radius 3 is 2.54 bits per heavy atom. The van der Waals surface area contributed by atoms with Crippen molar-refractivity contribution in [3.05, 3.63) is 12.1 Å². The molecule has 1 aromatic rings. The number of aliphatic hydroxyl groups is 1. The zero-order chi connectivity index (χ0) is 9.68. The topological polar surface area (TPSA) is 96.1 Å². The van der Waals surface area contributed by atoms with Crippen LogP contribution in [0.1, 0.15) is 6.92 Å². The molecule has 0 aliphatic rings. The van der Waals surface area contributed by atoms with Gasteiger partial charge in [0.15, 0.2) is 5.82 Å². The fraction of sp³-hybridized carbons (Fsp3) is 0.429. The lowest BCUT2D eigenvalue weighted by molar-refractivity contribution is 0.208. The van der Waals surface area contributed by atoms with E-state index in [1.54, 1.807) is 19.1 Å². The van der Waals surface area contributed by atoms with Gasteiger partial charge in [0.25, 0.3) is 0 Å². The van der Waals surface area contributed by atoms with E-state index in [9.17, 15) is 0 Å². The van der Waals surface area contributed by atoms with Gasteiger partial charge in [-0.3, -0.25) is 0 Å². The van der Waals surface area contributed by atoms with Gasteiger partial charge in [-0.15, -0.1) is 10.2 Å². The van der Waals surface area contributed by atoms with Gasteiger partial charge in [0.1, 0.15) is 5.82 Å². The summed E-state index contributed by atoms with van der Waals surface area (Å²) in [6, 6.07) is 3.42. The summed E-state index contributed by atoms with van der Waals surface area (Å²) in [5.74, 6) is 6.22. The lowest BCUT2D eigenvalue weighted by atomic mass is 10.4. The van der Waals surface area contributed by atoms with E-state index in [1.165, 1.54) is 0 Å². The summed E-state index contributed by atoms with van der Waals surface area (Å²) >= 11 is 0. The minimum Gasteiger partial charge on any atom is -0.392 e. The van der Waals surface area contributed by atoms with E-state index >= 15 is 0 Å². The Kier molecular flexibility index (Phi) is 3.41. The highest BCUT2D eigenvalue weighted by atomic mass is 16.3. The highest BCUT2D eigenvalue weighted by molar-refractivity contribution is 5.40. The molecule has 13 heavy (non-hydrogen) atoms. The second-order valence-corrected chi connectivity index (χ2v) is 2.68. The smallest absolute Gasteiger partial charge is 0.162 e. The largest absolute Gasteiger partial charge is 0.392 e. The molecule has 6 heteroatoms. The van der Waals surface area contributed by atoms with Gasteiger partial charge in [-0.1, -0.05) is 0 Å². The number of nitrogens with two attached hydrogens (primary N) is 1. The van der Waals surface area contributed by atoms with Crippen molar-refractivity contribution >= 4 is 11.6 Å². The molecule has 5 N–H and O–H groups in total. The van der Waals surface area contributed by atoms with Gasteiger partial charge in [0, 0.05) is 6.54 Å². The maximum Gasteiger partial charge on any atom is 0.162 e. The Hall–Kier alpha value is -1.40. The Morgan fingerprint density at radius 1 is 1.46 bits per heavy atom. The lowest BCUT2D eigenvalue weighted by Gasteiger charge is -2.06. The molecule has 72 valence electrons. The molecule has 1 unspecified atom stereocenters. The van der Waals surface area contributed by atoms with Gasteiger partial charge in [-0.2, -0.15) is 0 Å². The van der Waals surface area contributed by atoms with Crippen LogP contribution in [-0.4, -0.2) is 28.0 Å². The molecule has 0 fully saturated rings. The van der Waals surface area contributed by atoms with Gasteiger partial charge in [-0.25, -0.2) is 5.84 Å². The van der Waals surface area contributed by atoms with Crippen LogP contribution in [0.4, 0.5) is 11.6 Å². The molecule has 0 bridgehead atoms. The number of hydrogen-bond acceptors (Lipinski definition) is 6. The molecule has 0 spiro atoms. The molecule has 0 saturated heterocycles. The molecule has 0 aromatic carbocycles. The number of hydrazine groups is 1. The molecule has 1 atom stereocenters. The van der Waals surface area contributed by atoms with Crippen LogP contribution in [0.2, 0.25) is 0 Å². The van der Waals surface area contributed by atoms with Gasteiger partial charge < -0.3 is 15.8 Å². The minimum absolute atomic E-state index is 0.408. The van der Waals surface area contributed by atoms with Gasteiger partial charge in [-0.05, 0) is 19.1 Å². The number of nitrogens with one attached hydrogen (secondary N) is 2. The minimum atomic E-state index is -0.408. The predicted molar refractivity (Wildman–Crippen MR) is 50.0 cm³/mol. The molecule has 1 heterocycles. The summed E-state index contributed by atoms with van der Waals surface area (Å²) in [6.45, 7) is 2.14. The zero-order valence-corrected chi connectivity index (χ0v) is 7.36. The highest BCUT2D eigenvalue weighted by Crippen LogP contribution is 2.03. The summed E-state index contributed by atoms with van der Waals surface area (Å²) in [5.41, 5.74) is 2.37. The van der Waals surface area contributed by atoms with Crippen LogP contribution in [-0.2, 0) is 0 Å². The van der Waals surface area contributed by atoms with Crippen molar-refractivity contribution < 1.29 is 5.11 Å². The first-order valence-corrected chi connectivity index (χ1v) is 3.94.